The number of halogens is 3. The minimum Gasteiger partial charge on any atom is -0.469 e. The van der Waals surface area contributed by atoms with E-state index in [-0.39, 0.29) is 25.0 Å². The summed E-state index contributed by atoms with van der Waals surface area (Å²) in [6.45, 7) is 3.08. The predicted octanol–water partition coefficient (Wildman–Crippen LogP) is 5.06. The third-order valence-corrected chi connectivity index (χ3v) is 6.75. The molecule has 0 aromatic heterocycles. The zero-order valence-corrected chi connectivity index (χ0v) is 18.4. The number of likely N-dealkylation sites (tertiary alicyclic amines) is 1. The van der Waals surface area contributed by atoms with Crippen molar-refractivity contribution < 1.29 is 13.9 Å². The van der Waals surface area contributed by atoms with Crippen molar-refractivity contribution in [3.8, 4) is 0 Å². The minimum atomic E-state index is -1.53. The molecule has 0 spiro atoms. The van der Waals surface area contributed by atoms with Gasteiger partial charge in [-0.2, -0.15) is 0 Å². The zero-order valence-electron chi connectivity index (χ0n) is 16.9. The van der Waals surface area contributed by atoms with E-state index in [1.54, 1.807) is 18.2 Å². The van der Waals surface area contributed by atoms with E-state index in [1.807, 2.05) is 17.0 Å². The molecular formula is C23H25Cl2FN2O2. The molecule has 0 amide bonds. The largest absolute Gasteiger partial charge is 0.469 e. The molecule has 30 heavy (non-hydrogen) atoms. The van der Waals surface area contributed by atoms with Gasteiger partial charge in [0.1, 0.15) is 0 Å². The molecule has 0 bridgehead atoms. The molecule has 2 aliphatic heterocycles. The van der Waals surface area contributed by atoms with Crippen molar-refractivity contribution >= 4 is 34.9 Å². The lowest BCUT2D eigenvalue weighted by Gasteiger charge is -2.46. The summed E-state index contributed by atoms with van der Waals surface area (Å²) in [5.74, 6) is -0.0804. The highest BCUT2D eigenvalue weighted by Crippen LogP contribution is 2.44. The molecule has 0 aliphatic carbocycles. The number of rotatable bonds is 5. The Kier molecular flexibility index (Phi) is 6.24. The highest BCUT2D eigenvalue weighted by molar-refractivity contribution is 6.36. The lowest BCUT2D eigenvalue weighted by Crippen LogP contribution is -2.57. The average Bonchev–Trinajstić information content (AvgIpc) is 2.72. The molecule has 0 radical (unpaired) electrons. The van der Waals surface area contributed by atoms with Crippen molar-refractivity contribution in [3.63, 3.8) is 0 Å². The number of methoxy groups -OCH3 is 1. The molecule has 4 rings (SSSR count). The summed E-state index contributed by atoms with van der Waals surface area (Å²) in [7, 11) is 1.45. The molecule has 2 heterocycles. The molecule has 2 aliphatic rings. The SMILES string of the molecule is COC(=O)C1CCN(Cc2ccc(N3CC(F)(c4c(Cl)cccc4Cl)C3)cc2)CC1. The monoisotopic (exact) mass is 450 g/mol. The maximum Gasteiger partial charge on any atom is 0.308 e. The van der Waals surface area contributed by atoms with Gasteiger partial charge in [-0.05, 0) is 55.8 Å². The van der Waals surface area contributed by atoms with Crippen LogP contribution in [0.4, 0.5) is 10.1 Å². The van der Waals surface area contributed by atoms with E-state index in [0.29, 0.717) is 15.6 Å². The first-order valence-electron chi connectivity index (χ1n) is 10.2. The maximum absolute atomic E-state index is 15.3. The Morgan fingerprint density at radius 3 is 2.27 bits per heavy atom. The van der Waals surface area contributed by atoms with Crippen molar-refractivity contribution in [2.75, 3.05) is 38.2 Å². The minimum absolute atomic E-state index is 0.0210. The number of piperidine rings is 1. The van der Waals surface area contributed by atoms with Crippen LogP contribution in [0.5, 0.6) is 0 Å². The van der Waals surface area contributed by atoms with Gasteiger partial charge >= 0.3 is 5.97 Å². The molecule has 0 N–H and O–H groups in total. The van der Waals surface area contributed by atoms with Crippen molar-refractivity contribution in [3.05, 3.63) is 63.6 Å². The number of esters is 1. The molecular weight excluding hydrogens is 426 g/mol. The molecule has 2 aromatic carbocycles. The first-order valence-corrected chi connectivity index (χ1v) is 10.9. The Morgan fingerprint density at radius 1 is 1.10 bits per heavy atom. The molecule has 160 valence electrons. The highest BCUT2D eigenvalue weighted by atomic mass is 35.5. The van der Waals surface area contributed by atoms with Crippen LogP contribution in [0.1, 0.15) is 24.0 Å². The van der Waals surface area contributed by atoms with Crippen LogP contribution in [0.15, 0.2) is 42.5 Å². The number of nitrogens with zero attached hydrogens (tertiary/aromatic N) is 2. The van der Waals surface area contributed by atoms with Crippen LogP contribution in [-0.4, -0.2) is 44.2 Å². The number of hydrogen-bond acceptors (Lipinski definition) is 4. The normalized spacial score (nSPS) is 19.4. The molecule has 0 unspecified atom stereocenters. The van der Waals surface area contributed by atoms with Crippen LogP contribution in [-0.2, 0) is 21.7 Å². The van der Waals surface area contributed by atoms with Gasteiger partial charge in [0.25, 0.3) is 0 Å². The van der Waals surface area contributed by atoms with Gasteiger partial charge in [-0.25, -0.2) is 4.39 Å². The van der Waals surface area contributed by atoms with Crippen molar-refractivity contribution in [2.24, 2.45) is 5.92 Å². The number of hydrogen-bond donors (Lipinski definition) is 0. The highest BCUT2D eigenvalue weighted by Gasteiger charge is 2.47. The summed E-state index contributed by atoms with van der Waals surface area (Å²) in [6, 6.07) is 13.3. The Hall–Kier alpha value is -1.82. The molecule has 2 saturated heterocycles. The molecule has 4 nitrogen and oxygen atoms in total. The summed E-state index contributed by atoms with van der Waals surface area (Å²) < 4.78 is 20.2. The quantitative estimate of drug-likeness (QED) is 0.595. The van der Waals surface area contributed by atoms with Gasteiger partial charge in [-0.1, -0.05) is 41.4 Å². The van der Waals surface area contributed by atoms with Crippen LogP contribution in [0.25, 0.3) is 0 Å². The Bertz CT molecular complexity index is 888. The maximum atomic E-state index is 15.3. The van der Waals surface area contributed by atoms with E-state index < -0.39 is 5.67 Å². The fourth-order valence-electron chi connectivity index (χ4n) is 4.39. The van der Waals surface area contributed by atoms with Gasteiger partial charge in [-0.3, -0.25) is 9.69 Å². The zero-order chi connectivity index (χ0) is 21.3. The Labute approximate surface area is 186 Å². The van der Waals surface area contributed by atoms with Crippen molar-refractivity contribution in [2.45, 2.75) is 25.1 Å². The van der Waals surface area contributed by atoms with Crippen LogP contribution < -0.4 is 4.90 Å². The number of carbonyl (C=O) groups excluding carboxylic acids is 1. The van der Waals surface area contributed by atoms with E-state index in [1.165, 1.54) is 12.7 Å². The Morgan fingerprint density at radius 2 is 1.70 bits per heavy atom. The Balaban J connectivity index is 1.33. The number of anilines is 1. The summed E-state index contributed by atoms with van der Waals surface area (Å²) in [5.41, 5.74) is 1.05. The number of benzene rings is 2. The third-order valence-electron chi connectivity index (χ3n) is 6.12. The van der Waals surface area contributed by atoms with Crippen molar-refractivity contribution in [1.29, 1.82) is 0 Å². The third kappa shape index (κ3) is 4.29. The topological polar surface area (TPSA) is 32.8 Å². The van der Waals surface area contributed by atoms with Crippen LogP contribution >= 0.6 is 23.2 Å². The first-order chi connectivity index (χ1) is 14.4. The molecule has 2 fully saturated rings. The van der Waals surface area contributed by atoms with Gasteiger partial charge in [-0.15, -0.1) is 0 Å². The van der Waals surface area contributed by atoms with Crippen LogP contribution in [0.2, 0.25) is 10.0 Å². The van der Waals surface area contributed by atoms with Gasteiger partial charge in [0.2, 0.25) is 0 Å². The number of alkyl halides is 1. The summed E-state index contributed by atoms with van der Waals surface area (Å²) in [6.07, 6.45) is 1.67. The summed E-state index contributed by atoms with van der Waals surface area (Å²) >= 11 is 12.4. The van der Waals surface area contributed by atoms with E-state index in [0.717, 1.165) is 38.2 Å². The lowest BCUT2D eigenvalue weighted by atomic mass is 9.87. The van der Waals surface area contributed by atoms with Gasteiger partial charge < -0.3 is 9.64 Å². The van der Waals surface area contributed by atoms with Gasteiger partial charge in [0.05, 0.1) is 26.1 Å². The van der Waals surface area contributed by atoms with E-state index in [9.17, 15) is 4.79 Å². The fraction of sp³-hybridized carbons (Fsp3) is 0.435. The predicted molar refractivity (Wildman–Crippen MR) is 118 cm³/mol. The van der Waals surface area contributed by atoms with Crippen LogP contribution in [0, 0.1) is 5.92 Å². The van der Waals surface area contributed by atoms with E-state index in [4.69, 9.17) is 27.9 Å². The fourth-order valence-corrected chi connectivity index (χ4v) is 5.13. The van der Waals surface area contributed by atoms with E-state index >= 15 is 4.39 Å². The molecule has 0 saturated carbocycles. The molecule has 2 aromatic rings. The van der Waals surface area contributed by atoms with Gasteiger partial charge in [0.15, 0.2) is 5.67 Å². The number of ether oxygens (including phenoxy) is 1. The van der Waals surface area contributed by atoms with Crippen molar-refractivity contribution in [1.82, 2.24) is 4.90 Å². The smallest absolute Gasteiger partial charge is 0.308 e. The summed E-state index contributed by atoms with van der Waals surface area (Å²) in [4.78, 5) is 16.0. The second kappa shape index (κ2) is 8.74. The second-order valence-electron chi connectivity index (χ2n) is 8.16. The first kappa shape index (κ1) is 21.4. The molecule has 0 atom stereocenters. The van der Waals surface area contributed by atoms with E-state index in [2.05, 4.69) is 17.0 Å². The number of carbonyl (C=O) groups is 1. The molecule has 7 heteroatoms. The van der Waals surface area contributed by atoms with Gasteiger partial charge in [0, 0.05) is 27.8 Å². The average molecular weight is 451 g/mol. The summed E-state index contributed by atoms with van der Waals surface area (Å²) in [5, 5.41) is 0.743. The standard InChI is InChI=1S/C23H25Cl2FN2O2/c1-30-22(29)17-9-11-27(12-10-17)13-16-5-7-18(8-6-16)28-14-23(26,15-28)21-19(24)3-2-4-20(21)25/h2-8,17H,9-15H2,1H3. The second-order valence-corrected chi connectivity index (χ2v) is 8.97. The lowest BCUT2D eigenvalue weighted by molar-refractivity contribution is -0.147. The van der Waals surface area contributed by atoms with Crippen LogP contribution in [0.3, 0.4) is 0 Å².